The van der Waals surface area contributed by atoms with Crippen LogP contribution in [0.25, 0.3) is 0 Å². The summed E-state index contributed by atoms with van der Waals surface area (Å²) >= 11 is 0. The summed E-state index contributed by atoms with van der Waals surface area (Å²) in [5.74, 6) is 0. The van der Waals surface area contributed by atoms with Gasteiger partial charge in [0.05, 0.1) is 12.2 Å². The highest BCUT2D eigenvalue weighted by atomic mass is 16.7. The standard InChI is InChI=1S/C10H19O6/c1-10(2,3)16-8-5(4-11)15-9(14)7(13)6(8)12/h5-9,11-13H,4H2,1-3H3/t5?,6-,7?,8+,9-/m0/s1. The van der Waals surface area contributed by atoms with Crippen molar-refractivity contribution in [2.75, 3.05) is 6.61 Å². The maximum Gasteiger partial charge on any atom is 0.220 e. The Hall–Kier alpha value is -0.240. The molecule has 0 aromatic heterocycles. The van der Waals surface area contributed by atoms with Crippen molar-refractivity contribution in [3.63, 3.8) is 0 Å². The first-order valence-electron chi connectivity index (χ1n) is 5.22. The summed E-state index contributed by atoms with van der Waals surface area (Å²) < 4.78 is 10.3. The SMILES string of the molecule is CC(C)(C)O[C@@H]1C(CO)O[C@H]([O])C(O)[C@@H]1O. The van der Waals surface area contributed by atoms with Crippen LogP contribution in [0.15, 0.2) is 0 Å². The van der Waals surface area contributed by atoms with Crippen LogP contribution in [0.2, 0.25) is 0 Å². The summed E-state index contributed by atoms with van der Waals surface area (Å²) in [6.07, 6.45) is -6.49. The van der Waals surface area contributed by atoms with Gasteiger partial charge in [-0.1, -0.05) is 0 Å². The van der Waals surface area contributed by atoms with Gasteiger partial charge in [0.15, 0.2) is 0 Å². The quantitative estimate of drug-likeness (QED) is 0.572. The van der Waals surface area contributed by atoms with Crippen LogP contribution < -0.4 is 0 Å². The molecule has 6 heteroatoms. The van der Waals surface area contributed by atoms with Gasteiger partial charge in [0, 0.05) is 0 Å². The molecule has 0 aromatic carbocycles. The fourth-order valence-corrected chi connectivity index (χ4v) is 1.61. The lowest BCUT2D eigenvalue weighted by Crippen LogP contribution is -2.60. The number of aliphatic hydroxyl groups is 3. The third-order valence-corrected chi connectivity index (χ3v) is 2.31. The van der Waals surface area contributed by atoms with E-state index in [1.54, 1.807) is 20.8 Å². The summed E-state index contributed by atoms with van der Waals surface area (Å²) in [5.41, 5.74) is -0.572. The average Bonchev–Trinajstić information content (AvgIpc) is 2.17. The molecule has 0 bridgehead atoms. The Bertz CT molecular complexity index is 224. The Morgan fingerprint density at radius 1 is 1.25 bits per heavy atom. The van der Waals surface area contributed by atoms with E-state index in [1.165, 1.54) is 0 Å². The second kappa shape index (κ2) is 4.95. The van der Waals surface area contributed by atoms with Gasteiger partial charge in [0.2, 0.25) is 6.29 Å². The van der Waals surface area contributed by atoms with Crippen molar-refractivity contribution in [2.24, 2.45) is 0 Å². The van der Waals surface area contributed by atoms with E-state index in [2.05, 4.69) is 0 Å². The summed E-state index contributed by atoms with van der Waals surface area (Å²) in [5, 5.41) is 39.3. The van der Waals surface area contributed by atoms with Gasteiger partial charge >= 0.3 is 0 Å². The van der Waals surface area contributed by atoms with Gasteiger partial charge in [-0.25, -0.2) is 0 Å². The van der Waals surface area contributed by atoms with E-state index < -0.39 is 42.9 Å². The maximum atomic E-state index is 11.2. The van der Waals surface area contributed by atoms with E-state index in [0.29, 0.717) is 0 Å². The second-order valence-corrected chi connectivity index (χ2v) is 4.90. The first kappa shape index (κ1) is 13.8. The molecule has 6 nitrogen and oxygen atoms in total. The van der Waals surface area contributed by atoms with E-state index in [-0.39, 0.29) is 0 Å². The molecule has 1 rings (SSSR count). The monoisotopic (exact) mass is 235 g/mol. The molecule has 1 heterocycles. The number of aliphatic hydroxyl groups excluding tert-OH is 3. The Kier molecular flexibility index (Phi) is 4.28. The fraction of sp³-hybridized carbons (Fsp3) is 1.00. The van der Waals surface area contributed by atoms with E-state index in [1.807, 2.05) is 0 Å². The lowest BCUT2D eigenvalue weighted by Gasteiger charge is -2.41. The Labute approximate surface area is 94.4 Å². The van der Waals surface area contributed by atoms with Crippen LogP contribution in [0.4, 0.5) is 0 Å². The first-order chi connectivity index (χ1) is 7.26. The van der Waals surface area contributed by atoms with E-state index in [0.717, 1.165) is 0 Å². The maximum absolute atomic E-state index is 11.2. The number of ether oxygens (including phenoxy) is 2. The molecule has 3 N–H and O–H groups in total. The summed E-state index contributed by atoms with van der Waals surface area (Å²) in [6, 6.07) is 0. The Morgan fingerprint density at radius 3 is 2.25 bits per heavy atom. The van der Waals surface area contributed by atoms with Crippen LogP contribution in [-0.2, 0) is 14.6 Å². The van der Waals surface area contributed by atoms with Crippen LogP contribution in [0.3, 0.4) is 0 Å². The van der Waals surface area contributed by atoms with Crippen LogP contribution in [0.1, 0.15) is 20.8 Å². The minimum Gasteiger partial charge on any atom is -0.394 e. The smallest absolute Gasteiger partial charge is 0.220 e. The molecule has 0 aromatic rings. The highest BCUT2D eigenvalue weighted by molar-refractivity contribution is 4.90. The molecule has 1 saturated heterocycles. The molecule has 95 valence electrons. The third kappa shape index (κ3) is 3.13. The van der Waals surface area contributed by atoms with Gasteiger partial charge < -0.3 is 24.8 Å². The third-order valence-electron chi connectivity index (χ3n) is 2.31. The average molecular weight is 235 g/mol. The molecule has 16 heavy (non-hydrogen) atoms. The van der Waals surface area contributed by atoms with Crippen molar-refractivity contribution >= 4 is 0 Å². The zero-order valence-corrected chi connectivity index (χ0v) is 9.66. The summed E-state index contributed by atoms with van der Waals surface area (Å²) in [4.78, 5) is 0. The summed E-state index contributed by atoms with van der Waals surface area (Å²) in [7, 11) is 0. The van der Waals surface area contributed by atoms with Crippen molar-refractivity contribution in [1.82, 2.24) is 0 Å². The molecule has 0 amide bonds. The minimum absolute atomic E-state index is 0.441. The van der Waals surface area contributed by atoms with E-state index in [9.17, 15) is 15.3 Å². The zero-order chi connectivity index (χ0) is 12.5. The van der Waals surface area contributed by atoms with E-state index in [4.69, 9.17) is 14.6 Å². The van der Waals surface area contributed by atoms with Gasteiger partial charge in [-0.05, 0) is 20.8 Å². The van der Waals surface area contributed by atoms with Gasteiger partial charge in [0.25, 0.3) is 0 Å². The molecule has 5 atom stereocenters. The van der Waals surface area contributed by atoms with Gasteiger partial charge in [0.1, 0.15) is 24.4 Å². The molecular formula is C10H19O6. The first-order valence-corrected chi connectivity index (χ1v) is 5.22. The van der Waals surface area contributed by atoms with Crippen molar-refractivity contribution < 1.29 is 29.9 Å². The Morgan fingerprint density at radius 2 is 1.81 bits per heavy atom. The topological polar surface area (TPSA) is 99.0 Å². The van der Waals surface area contributed by atoms with Crippen molar-refractivity contribution in [2.45, 2.75) is 57.1 Å². The lowest BCUT2D eigenvalue weighted by molar-refractivity contribution is -0.320. The van der Waals surface area contributed by atoms with Crippen molar-refractivity contribution in [3.8, 4) is 0 Å². The Balaban J connectivity index is 2.77. The van der Waals surface area contributed by atoms with Gasteiger partial charge in [-0.2, -0.15) is 5.11 Å². The summed E-state index contributed by atoms with van der Waals surface area (Å²) in [6.45, 7) is 4.86. The van der Waals surface area contributed by atoms with Crippen LogP contribution in [0, 0.1) is 0 Å². The van der Waals surface area contributed by atoms with Crippen molar-refractivity contribution in [3.05, 3.63) is 0 Å². The molecule has 1 aliphatic heterocycles. The van der Waals surface area contributed by atoms with Gasteiger partial charge in [-0.3, -0.25) is 0 Å². The largest absolute Gasteiger partial charge is 0.394 e. The predicted molar refractivity (Wildman–Crippen MR) is 53.1 cm³/mol. The predicted octanol–water partition coefficient (Wildman–Crippen LogP) is -0.960. The molecular weight excluding hydrogens is 216 g/mol. The minimum atomic E-state index is -1.76. The fourth-order valence-electron chi connectivity index (χ4n) is 1.61. The molecule has 0 saturated carbocycles. The van der Waals surface area contributed by atoms with Crippen LogP contribution >= 0.6 is 0 Å². The number of rotatable bonds is 2. The molecule has 0 aliphatic carbocycles. The zero-order valence-electron chi connectivity index (χ0n) is 9.66. The molecule has 1 fully saturated rings. The highest BCUT2D eigenvalue weighted by Gasteiger charge is 2.46. The molecule has 2 unspecified atom stereocenters. The number of hydrogen-bond donors (Lipinski definition) is 3. The molecule has 0 spiro atoms. The van der Waals surface area contributed by atoms with Crippen LogP contribution in [-0.4, -0.2) is 58.2 Å². The highest BCUT2D eigenvalue weighted by Crippen LogP contribution is 2.26. The normalized spacial score (nSPS) is 41.1. The lowest BCUT2D eigenvalue weighted by atomic mass is 9.98. The molecule has 1 radical (unpaired) electrons. The number of hydrogen-bond acceptors (Lipinski definition) is 5. The molecule has 1 aliphatic rings. The van der Waals surface area contributed by atoms with Crippen LogP contribution in [0.5, 0.6) is 0 Å². The van der Waals surface area contributed by atoms with Crippen molar-refractivity contribution in [1.29, 1.82) is 0 Å². The van der Waals surface area contributed by atoms with E-state index >= 15 is 0 Å². The second-order valence-electron chi connectivity index (χ2n) is 4.90. The van der Waals surface area contributed by atoms with Gasteiger partial charge in [-0.15, -0.1) is 0 Å².